The normalized spacial score (nSPS) is 10.9. The SMILES string of the molecule is Cc1cccc(NS(=O)(=O)CCCN)c1C#N. The zero-order valence-corrected chi connectivity index (χ0v) is 10.4. The minimum Gasteiger partial charge on any atom is -0.330 e. The maximum Gasteiger partial charge on any atom is 0.232 e. The van der Waals surface area contributed by atoms with Crippen LogP contribution in [0.2, 0.25) is 0 Å². The van der Waals surface area contributed by atoms with E-state index in [1.54, 1.807) is 25.1 Å². The summed E-state index contributed by atoms with van der Waals surface area (Å²) in [5.74, 6) is -0.0394. The van der Waals surface area contributed by atoms with Gasteiger partial charge in [0, 0.05) is 0 Å². The second-order valence-corrected chi connectivity index (χ2v) is 5.51. The van der Waals surface area contributed by atoms with Crippen LogP contribution in [0.5, 0.6) is 0 Å². The first kappa shape index (κ1) is 13.5. The molecule has 0 heterocycles. The van der Waals surface area contributed by atoms with E-state index in [1.807, 2.05) is 6.07 Å². The smallest absolute Gasteiger partial charge is 0.232 e. The van der Waals surface area contributed by atoms with Crippen LogP contribution in [0.3, 0.4) is 0 Å². The van der Waals surface area contributed by atoms with Gasteiger partial charge in [-0.1, -0.05) is 12.1 Å². The summed E-state index contributed by atoms with van der Waals surface area (Å²) in [4.78, 5) is 0. The summed E-state index contributed by atoms with van der Waals surface area (Å²) < 4.78 is 25.7. The number of hydrogen-bond donors (Lipinski definition) is 2. The van der Waals surface area contributed by atoms with Gasteiger partial charge in [0.25, 0.3) is 0 Å². The van der Waals surface area contributed by atoms with Gasteiger partial charge in [-0.3, -0.25) is 4.72 Å². The molecule has 17 heavy (non-hydrogen) atoms. The number of nitriles is 1. The van der Waals surface area contributed by atoms with Gasteiger partial charge in [0.2, 0.25) is 10.0 Å². The molecule has 5 nitrogen and oxygen atoms in total. The molecule has 0 radical (unpaired) electrons. The van der Waals surface area contributed by atoms with Gasteiger partial charge in [-0.25, -0.2) is 8.42 Å². The third-order valence-corrected chi connectivity index (χ3v) is 3.62. The van der Waals surface area contributed by atoms with Crippen molar-refractivity contribution in [3.05, 3.63) is 29.3 Å². The van der Waals surface area contributed by atoms with Crippen LogP contribution in [0, 0.1) is 18.3 Å². The highest BCUT2D eigenvalue weighted by molar-refractivity contribution is 7.92. The molecule has 0 aliphatic heterocycles. The van der Waals surface area contributed by atoms with Crippen LogP contribution in [0.15, 0.2) is 18.2 Å². The molecule has 1 rings (SSSR count). The molecule has 0 saturated carbocycles. The molecule has 0 saturated heterocycles. The monoisotopic (exact) mass is 253 g/mol. The van der Waals surface area contributed by atoms with Crippen molar-refractivity contribution in [2.45, 2.75) is 13.3 Å². The molecule has 1 aromatic carbocycles. The van der Waals surface area contributed by atoms with E-state index in [2.05, 4.69) is 4.72 Å². The second-order valence-electron chi connectivity index (χ2n) is 3.67. The third kappa shape index (κ3) is 3.73. The Kier molecular flexibility index (Phi) is 4.49. The Balaban J connectivity index is 2.97. The van der Waals surface area contributed by atoms with Crippen molar-refractivity contribution in [3.8, 4) is 6.07 Å². The number of hydrogen-bond acceptors (Lipinski definition) is 4. The van der Waals surface area contributed by atoms with E-state index in [0.29, 0.717) is 24.2 Å². The lowest BCUT2D eigenvalue weighted by atomic mass is 10.1. The largest absolute Gasteiger partial charge is 0.330 e. The predicted molar refractivity (Wildman–Crippen MR) is 67.0 cm³/mol. The summed E-state index contributed by atoms with van der Waals surface area (Å²) in [6.07, 6.45) is 0.392. The van der Waals surface area contributed by atoms with E-state index in [1.165, 1.54) is 0 Å². The molecule has 3 N–H and O–H groups in total. The van der Waals surface area contributed by atoms with Crippen molar-refractivity contribution >= 4 is 15.7 Å². The Labute approximate surface area is 101 Å². The van der Waals surface area contributed by atoms with E-state index in [0.717, 1.165) is 5.56 Å². The molecule has 0 atom stereocenters. The number of sulfonamides is 1. The number of anilines is 1. The fourth-order valence-electron chi connectivity index (χ4n) is 1.39. The van der Waals surface area contributed by atoms with Gasteiger partial charge >= 0.3 is 0 Å². The lowest BCUT2D eigenvalue weighted by Crippen LogP contribution is -2.19. The van der Waals surface area contributed by atoms with Crippen molar-refractivity contribution in [1.82, 2.24) is 0 Å². The van der Waals surface area contributed by atoms with Crippen LogP contribution < -0.4 is 10.5 Å². The topological polar surface area (TPSA) is 96.0 Å². The summed E-state index contributed by atoms with van der Waals surface area (Å²) in [6.45, 7) is 2.08. The van der Waals surface area contributed by atoms with Crippen molar-refractivity contribution in [1.29, 1.82) is 5.26 Å². The van der Waals surface area contributed by atoms with Gasteiger partial charge in [-0.05, 0) is 31.5 Å². The highest BCUT2D eigenvalue weighted by Crippen LogP contribution is 2.19. The zero-order valence-electron chi connectivity index (χ0n) is 9.60. The third-order valence-electron chi connectivity index (χ3n) is 2.27. The van der Waals surface area contributed by atoms with Crippen LogP contribution >= 0.6 is 0 Å². The van der Waals surface area contributed by atoms with E-state index >= 15 is 0 Å². The first-order chi connectivity index (χ1) is 8.00. The fourth-order valence-corrected chi connectivity index (χ4v) is 2.55. The number of benzene rings is 1. The lowest BCUT2D eigenvalue weighted by Gasteiger charge is -2.10. The Bertz CT molecular complexity index is 532. The van der Waals surface area contributed by atoms with Crippen LogP contribution in [-0.4, -0.2) is 20.7 Å². The zero-order chi connectivity index (χ0) is 12.9. The maximum atomic E-state index is 11.7. The number of nitrogens with zero attached hydrogens (tertiary/aromatic N) is 1. The van der Waals surface area contributed by atoms with E-state index < -0.39 is 10.0 Å². The molecule has 0 aromatic heterocycles. The highest BCUT2D eigenvalue weighted by Gasteiger charge is 2.13. The summed E-state index contributed by atoms with van der Waals surface area (Å²) in [5, 5.41) is 8.97. The second kappa shape index (κ2) is 5.66. The van der Waals surface area contributed by atoms with Crippen LogP contribution in [0.25, 0.3) is 0 Å². The minimum atomic E-state index is -3.43. The minimum absolute atomic E-state index is 0.0394. The van der Waals surface area contributed by atoms with Crippen molar-refractivity contribution < 1.29 is 8.42 Å². The Hall–Kier alpha value is -1.58. The van der Waals surface area contributed by atoms with Gasteiger partial charge < -0.3 is 5.73 Å². The van der Waals surface area contributed by atoms with E-state index in [4.69, 9.17) is 11.0 Å². The number of aryl methyl sites for hydroxylation is 1. The van der Waals surface area contributed by atoms with Crippen molar-refractivity contribution in [2.24, 2.45) is 5.73 Å². The summed E-state index contributed by atoms with van der Waals surface area (Å²) in [6, 6.07) is 7.03. The molecule has 0 spiro atoms. The Morgan fingerprint density at radius 3 is 2.76 bits per heavy atom. The number of nitrogens with one attached hydrogen (secondary N) is 1. The molecular formula is C11H15N3O2S. The van der Waals surface area contributed by atoms with Crippen molar-refractivity contribution in [2.75, 3.05) is 17.0 Å². The summed E-state index contributed by atoms with van der Waals surface area (Å²) in [7, 11) is -3.43. The van der Waals surface area contributed by atoms with Gasteiger partial charge in [0.1, 0.15) is 6.07 Å². The quantitative estimate of drug-likeness (QED) is 0.816. The molecule has 0 bridgehead atoms. The Morgan fingerprint density at radius 1 is 1.47 bits per heavy atom. The van der Waals surface area contributed by atoms with E-state index in [9.17, 15) is 8.42 Å². The van der Waals surface area contributed by atoms with Gasteiger partial charge in [0.15, 0.2) is 0 Å². The number of rotatable bonds is 5. The van der Waals surface area contributed by atoms with Crippen LogP contribution in [0.4, 0.5) is 5.69 Å². The summed E-state index contributed by atoms with van der Waals surface area (Å²) >= 11 is 0. The van der Waals surface area contributed by atoms with Crippen LogP contribution in [-0.2, 0) is 10.0 Å². The first-order valence-corrected chi connectivity index (χ1v) is 6.85. The van der Waals surface area contributed by atoms with E-state index in [-0.39, 0.29) is 5.75 Å². The first-order valence-electron chi connectivity index (χ1n) is 5.20. The maximum absolute atomic E-state index is 11.7. The Morgan fingerprint density at radius 2 is 2.18 bits per heavy atom. The molecule has 1 aromatic rings. The van der Waals surface area contributed by atoms with Crippen molar-refractivity contribution in [3.63, 3.8) is 0 Å². The average molecular weight is 253 g/mol. The molecule has 0 amide bonds. The number of nitrogens with two attached hydrogens (primary N) is 1. The predicted octanol–water partition coefficient (Wildman–Crippen LogP) is 0.957. The van der Waals surface area contributed by atoms with Gasteiger partial charge in [0.05, 0.1) is 17.0 Å². The highest BCUT2D eigenvalue weighted by atomic mass is 32.2. The van der Waals surface area contributed by atoms with Gasteiger partial charge in [-0.15, -0.1) is 0 Å². The molecule has 0 unspecified atom stereocenters. The van der Waals surface area contributed by atoms with Crippen LogP contribution in [0.1, 0.15) is 17.5 Å². The lowest BCUT2D eigenvalue weighted by molar-refractivity contribution is 0.598. The van der Waals surface area contributed by atoms with Gasteiger partial charge in [-0.2, -0.15) is 5.26 Å². The molecule has 6 heteroatoms. The molecular weight excluding hydrogens is 238 g/mol. The molecule has 0 aliphatic rings. The molecule has 0 fully saturated rings. The fraction of sp³-hybridized carbons (Fsp3) is 0.364. The molecule has 0 aliphatic carbocycles. The summed E-state index contributed by atoms with van der Waals surface area (Å²) in [5.41, 5.74) is 6.68. The average Bonchev–Trinajstić information content (AvgIpc) is 2.26. The molecule has 92 valence electrons. The standard InChI is InChI=1S/C11H15N3O2S/c1-9-4-2-5-11(10(9)8-13)14-17(15,16)7-3-6-12/h2,4-5,14H,3,6-7,12H2,1H3.